The third-order valence-electron chi connectivity index (χ3n) is 2.78. The highest BCUT2D eigenvalue weighted by Gasteiger charge is 2.10. The van der Waals surface area contributed by atoms with E-state index in [9.17, 15) is 0 Å². The van der Waals surface area contributed by atoms with Gasteiger partial charge in [0, 0.05) is 10.4 Å². The van der Waals surface area contributed by atoms with Crippen LogP contribution in [0.2, 0.25) is 5.02 Å². The fraction of sp³-hybridized carbons (Fsp3) is 0.0769. The van der Waals surface area contributed by atoms with Crippen molar-refractivity contribution in [1.82, 2.24) is 14.8 Å². The summed E-state index contributed by atoms with van der Waals surface area (Å²) >= 11 is 6.00. The van der Waals surface area contributed by atoms with Gasteiger partial charge < -0.3 is 5.73 Å². The number of rotatable bonds is 1. The van der Waals surface area contributed by atoms with Crippen molar-refractivity contribution in [1.29, 1.82) is 0 Å². The molecule has 3 aromatic rings. The van der Waals surface area contributed by atoms with Crippen LogP contribution in [0, 0.1) is 6.92 Å². The number of benzene rings is 1. The molecule has 0 atom stereocenters. The van der Waals surface area contributed by atoms with E-state index in [2.05, 4.69) is 10.1 Å². The van der Waals surface area contributed by atoms with Crippen molar-refractivity contribution in [2.24, 2.45) is 0 Å². The van der Waals surface area contributed by atoms with Crippen LogP contribution in [0.3, 0.4) is 0 Å². The Bertz CT molecular complexity index is 733. The van der Waals surface area contributed by atoms with Crippen molar-refractivity contribution in [2.45, 2.75) is 6.92 Å². The molecule has 0 bridgehead atoms. The van der Waals surface area contributed by atoms with Gasteiger partial charge in [-0.2, -0.15) is 5.10 Å². The van der Waals surface area contributed by atoms with Crippen molar-refractivity contribution in [2.75, 3.05) is 5.73 Å². The standard InChI is InChI=1S/C13H11ClN4/c1-8-12-6-10(15)7-16-13(12)18(17-8)11-4-2-3-9(14)5-11/h2-7H,15H2,1H3. The lowest BCUT2D eigenvalue weighted by molar-refractivity contribution is 0.878. The van der Waals surface area contributed by atoms with Crippen LogP contribution in [0.4, 0.5) is 5.69 Å². The maximum absolute atomic E-state index is 6.00. The molecule has 0 saturated heterocycles. The first-order chi connectivity index (χ1) is 8.65. The molecule has 0 aliphatic carbocycles. The molecule has 5 heteroatoms. The van der Waals surface area contributed by atoms with E-state index in [4.69, 9.17) is 17.3 Å². The zero-order valence-corrected chi connectivity index (χ0v) is 10.5. The van der Waals surface area contributed by atoms with Crippen LogP contribution in [0.25, 0.3) is 16.7 Å². The second-order valence-corrected chi connectivity index (χ2v) is 4.55. The zero-order valence-electron chi connectivity index (χ0n) is 9.76. The van der Waals surface area contributed by atoms with E-state index < -0.39 is 0 Å². The first-order valence-corrected chi connectivity index (χ1v) is 5.90. The molecule has 2 N–H and O–H groups in total. The number of aromatic nitrogens is 3. The summed E-state index contributed by atoms with van der Waals surface area (Å²) in [6.45, 7) is 1.94. The molecular formula is C13H11ClN4. The SMILES string of the molecule is Cc1nn(-c2cccc(Cl)c2)c2ncc(N)cc12. The Morgan fingerprint density at radius 1 is 1.28 bits per heavy atom. The van der Waals surface area contributed by atoms with Gasteiger partial charge in [0.05, 0.1) is 23.3 Å². The Morgan fingerprint density at radius 2 is 2.11 bits per heavy atom. The van der Waals surface area contributed by atoms with Gasteiger partial charge in [-0.15, -0.1) is 0 Å². The molecule has 0 aliphatic heterocycles. The fourth-order valence-electron chi connectivity index (χ4n) is 1.95. The molecule has 2 aromatic heterocycles. The minimum atomic E-state index is 0.635. The number of aryl methyl sites for hydroxylation is 1. The number of nitrogens with two attached hydrogens (primary N) is 1. The van der Waals surface area contributed by atoms with Gasteiger partial charge in [-0.05, 0) is 31.2 Å². The van der Waals surface area contributed by atoms with E-state index in [0.29, 0.717) is 10.7 Å². The summed E-state index contributed by atoms with van der Waals surface area (Å²) in [6, 6.07) is 9.39. The molecular weight excluding hydrogens is 248 g/mol. The molecule has 0 unspecified atom stereocenters. The van der Waals surface area contributed by atoms with Crippen molar-refractivity contribution in [3.63, 3.8) is 0 Å². The van der Waals surface area contributed by atoms with Gasteiger partial charge >= 0.3 is 0 Å². The highest BCUT2D eigenvalue weighted by atomic mass is 35.5. The van der Waals surface area contributed by atoms with Crippen LogP contribution in [0.1, 0.15) is 5.69 Å². The summed E-state index contributed by atoms with van der Waals surface area (Å²) in [5.74, 6) is 0. The molecule has 0 amide bonds. The van der Waals surface area contributed by atoms with Crippen LogP contribution in [0.15, 0.2) is 36.5 Å². The highest BCUT2D eigenvalue weighted by Crippen LogP contribution is 2.23. The van der Waals surface area contributed by atoms with Crippen molar-refractivity contribution in [3.05, 3.63) is 47.2 Å². The molecule has 0 radical (unpaired) electrons. The quantitative estimate of drug-likeness (QED) is 0.730. The van der Waals surface area contributed by atoms with Crippen molar-refractivity contribution >= 4 is 28.3 Å². The average molecular weight is 259 g/mol. The van der Waals surface area contributed by atoms with E-state index in [1.54, 1.807) is 10.9 Å². The maximum Gasteiger partial charge on any atom is 0.163 e. The molecule has 0 aliphatic rings. The van der Waals surface area contributed by atoms with Gasteiger partial charge in [-0.1, -0.05) is 17.7 Å². The summed E-state index contributed by atoms with van der Waals surface area (Å²) in [6.07, 6.45) is 1.63. The van der Waals surface area contributed by atoms with Gasteiger partial charge in [0.15, 0.2) is 5.65 Å². The van der Waals surface area contributed by atoms with Gasteiger partial charge in [0.2, 0.25) is 0 Å². The molecule has 0 spiro atoms. The molecule has 2 heterocycles. The number of fused-ring (bicyclic) bond motifs is 1. The Labute approximate surface area is 109 Å². The monoisotopic (exact) mass is 258 g/mol. The smallest absolute Gasteiger partial charge is 0.163 e. The molecule has 18 heavy (non-hydrogen) atoms. The van der Waals surface area contributed by atoms with Crippen molar-refractivity contribution in [3.8, 4) is 5.69 Å². The van der Waals surface area contributed by atoms with E-state index in [0.717, 1.165) is 22.4 Å². The average Bonchev–Trinajstić information content (AvgIpc) is 2.67. The van der Waals surface area contributed by atoms with E-state index in [-0.39, 0.29) is 0 Å². The predicted octanol–water partition coefficient (Wildman–Crippen LogP) is 2.96. The Morgan fingerprint density at radius 3 is 2.89 bits per heavy atom. The third kappa shape index (κ3) is 1.71. The number of nitrogen functional groups attached to an aromatic ring is 1. The first kappa shape index (κ1) is 11.0. The topological polar surface area (TPSA) is 56.7 Å². The second kappa shape index (κ2) is 3.99. The van der Waals surface area contributed by atoms with Gasteiger partial charge in [-0.25, -0.2) is 9.67 Å². The van der Waals surface area contributed by atoms with E-state index in [1.807, 2.05) is 37.3 Å². The van der Waals surface area contributed by atoms with Crippen LogP contribution < -0.4 is 5.73 Å². The zero-order chi connectivity index (χ0) is 12.7. The normalized spacial score (nSPS) is 11.0. The Hall–Kier alpha value is -2.07. The number of pyridine rings is 1. The molecule has 90 valence electrons. The third-order valence-corrected chi connectivity index (χ3v) is 3.02. The summed E-state index contributed by atoms with van der Waals surface area (Å²) in [4.78, 5) is 4.34. The minimum absolute atomic E-state index is 0.635. The number of halogens is 1. The number of anilines is 1. The fourth-order valence-corrected chi connectivity index (χ4v) is 2.13. The number of nitrogens with zero attached hydrogens (tertiary/aromatic N) is 3. The first-order valence-electron chi connectivity index (χ1n) is 5.52. The van der Waals surface area contributed by atoms with Crippen LogP contribution >= 0.6 is 11.6 Å². The Kier molecular flexibility index (Phi) is 2.45. The van der Waals surface area contributed by atoms with E-state index >= 15 is 0 Å². The lowest BCUT2D eigenvalue weighted by Crippen LogP contribution is -1.97. The van der Waals surface area contributed by atoms with Crippen molar-refractivity contribution < 1.29 is 0 Å². The molecule has 1 aromatic carbocycles. The summed E-state index contributed by atoms with van der Waals surface area (Å²) in [7, 11) is 0. The molecule has 0 saturated carbocycles. The van der Waals surface area contributed by atoms with E-state index in [1.165, 1.54) is 0 Å². The summed E-state index contributed by atoms with van der Waals surface area (Å²) in [5.41, 5.74) is 8.94. The summed E-state index contributed by atoms with van der Waals surface area (Å²) < 4.78 is 1.77. The lowest BCUT2D eigenvalue weighted by atomic mass is 10.2. The predicted molar refractivity (Wildman–Crippen MR) is 73.0 cm³/mol. The van der Waals surface area contributed by atoms with Crippen LogP contribution in [0.5, 0.6) is 0 Å². The Balaban J connectivity index is 2.30. The van der Waals surface area contributed by atoms with Gasteiger partial charge in [-0.3, -0.25) is 0 Å². The highest BCUT2D eigenvalue weighted by molar-refractivity contribution is 6.30. The number of hydrogen-bond acceptors (Lipinski definition) is 3. The number of hydrogen-bond donors (Lipinski definition) is 1. The molecule has 4 nitrogen and oxygen atoms in total. The lowest BCUT2D eigenvalue weighted by Gasteiger charge is -2.03. The van der Waals surface area contributed by atoms with Crippen LogP contribution in [-0.4, -0.2) is 14.8 Å². The largest absolute Gasteiger partial charge is 0.397 e. The molecule has 0 fully saturated rings. The maximum atomic E-state index is 6.00. The van der Waals surface area contributed by atoms with Crippen LogP contribution in [-0.2, 0) is 0 Å². The van der Waals surface area contributed by atoms with Gasteiger partial charge in [0.1, 0.15) is 0 Å². The van der Waals surface area contributed by atoms with Gasteiger partial charge in [0.25, 0.3) is 0 Å². The summed E-state index contributed by atoms with van der Waals surface area (Å²) in [5, 5.41) is 6.11. The minimum Gasteiger partial charge on any atom is -0.397 e. The molecule has 3 rings (SSSR count). The second-order valence-electron chi connectivity index (χ2n) is 4.12.